The van der Waals surface area contributed by atoms with Crippen molar-refractivity contribution in [3.8, 4) is 0 Å². The Balaban J connectivity index is 3.98. The number of rotatable bonds is 4. The molecule has 2 N–H and O–H groups in total. The van der Waals surface area contributed by atoms with Crippen molar-refractivity contribution in [3.05, 3.63) is 0 Å². The Kier molecular flexibility index (Phi) is 4.07. The highest BCUT2D eigenvalue weighted by Crippen LogP contribution is 2.01. The number of amides is 1. The molecule has 0 aromatic rings. The standard InChI is InChI=1S/C7H15NO3/c1-6(10)8-7(2,4-9)5-11-3/h9H,4-5H2,1-3H3,(H,8,10). The van der Waals surface area contributed by atoms with E-state index in [1.807, 2.05) is 0 Å². The second-order valence-electron chi connectivity index (χ2n) is 2.83. The van der Waals surface area contributed by atoms with Gasteiger partial charge in [0, 0.05) is 14.0 Å². The summed E-state index contributed by atoms with van der Waals surface area (Å²) in [5.41, 5.74) is -0.652. The Bertz CT molecular complexity index is 138. The Labute approximate surface area is 66.5 Å². The Morgan fingerprint density at radius 1 is 1.73 bits per heavy atom. The molecule has 0 aliphatic carbocycles. The van der Waals surface area contributed by atoms with E-state index in [1.54, 1.807) is 6.92 Å². The zero-order valence-corrected chi connectivity index (χ0v) is 7.18. The largest absolute Gasteiger partial charge is 0.394 e. The fourth-order valence-corrected chi connectivity index (χ4v) is 0.865. The smallest absolute Gasteiger partial charge is 0.217 e. The van der Waals surface area contributed by atoms with Crippen molar-refractivity contribution in [2.45, 2.75) is 19.4 Å². The second kappa shape index (κ2) is 4.31. The summed E-state index contributed by atoms with van der Waals surface area (Å²) in [7, 11) is 1.52. The van der Waals surface area contributed by atoms with Crippen molar-refractivity contribution in [1.82, 2.24) is 5.32 Å². The van der Waals surface area contributed by atoms with Crippen LogP contribution >= 0.6 is 0 Å². The summed E-state index contributed by atoms with van der Waals surface area (Å²) >= 11 is 0. The maximum absolute atomic E-state index is 10.6. The SMILES string of the molecule is COCC(C)(CO)NC(C)=O. The van der Waals surface area contributed by atoms with Crippen molar-refractivity contribution < 1.29 is 14.6 Å². The fourth-order valence-electron chi connectivity index (χ4n) is 0.865. The van der Waals surface area contributed by atoms with Crippen molar-refractivity contribution in [1.29, 1.82) is 0 Å². The van der Waals surface area contributed by atoms with E-state index < -0.39 is 5.54 Å². The van der Waals surface area contributed by atoms with Gasteiger partial charge in [0.15, 0.2) is 0 Å². The first-order chi connectivity index (χ1) is 5.04. The van der Waals surface area contributed by atoms with Gasteiger partial charge in [-0.15, -0.1) is 0 Å². The third-order valence-electron chi connectivity index (χ3n) is 1.29. The van der Waals surface area contributed by atoms with Crippen molar-refractivity contribution in [3.63, 3.8) is 0 Å². The molecule has 0 saturated carbocycles. The molecule has 0 rings (SSSR count). The molecule has 11 heavy (non-hydrogen) atoms. The lowest BCUT2D eigenvalue weighted by atomic mass is 10.1. The van der Waals surface area contributed by atoms with Gasteiger partial charge >= 0.3 is 0 Å². The average Bonchev–Trinajstić information content (AvgIpc) is 1.87. The maximum Gasteiger partial charge on any atom is 0.217 e. The van der Waals surface area contributed by atoms with Crippen LogP contribution in [0.1, 0.15) is 13.8 Å². The van der Waals surface area contributed by atoms with Crippen LogP contribution in [0.25, 0.3) is 0 Å². The lowest BCUT2D eigenvalue weighted by Gasteiger charge is -2.26. The van der Waals surface area contributed by atoms with Gasteiger partial charge in [-0.3, -0.25) is 4.79 Å². The molecule has 0 fully saturated rings. The van der Waals surface area contributed by atoms with Crippen molar-refractivity contribution in [2.75, 3.05) is 20.3 Å². The number of ether oxygens (including phenoxy) is 1. The van der Waals surface area contributed by atoms with E-state index in [0.717, 1.165) is 0 Å². The third-order valence-corrected chi connectivity index (χ3v) is 1.29. The highest BCUT2D eigenvalue weighted by Gasteiger charge is 2.23. The Morgan fingerprint density at radius 3 is 2.55 bits per heavy atom. The Morgan fingerprint density at radius 2 is 2.27 bits per heavy atom. The van der Waals surface area contributed by atoms with Crippen LogP contribution in [0.2, 0.25) is 0 Å². The zero-order valence-electron chi connectivity index (χ0n) is 7.18. The van der Waals surface area contributed by atoms with E-state index in [9.17, 15) is 4.79 Å². The van der Waals surface area contributed by atoms with Crippen LogP contribution in [0, 0.1) is 0 Å². The normalized spacial score (nSPS) is 15.6. The molecule has 1 unspecified atom stereocenters. The topological polar surface area (TPSA) is 58.6 Å². The van der Waals surface area contributed by atoms with Crippen molar-refractivity contribution >= 4 is 5.91 Å². The van der Waals surface area contributed by atoms with E-state index in [4.69, 9.17) is 9.84 Å². The van der Waals surface area contributed by atoms with Gasteiger partial charge in [-0.05, 0) is 6.92 Å². The Hall–Kier alpha value is -0.610. The number of hydrogen-bond donors (Lipinski definition) is 2. The van der Waals surface area contributed by atoms with Gasteiger partial charge in [0.2, 0.25) is 5.91 Å². The zero-order chi connectivity index (χ0) is 8.91. The van der Waals surface area contributed by atoms with Crippen molar-refractivity contribution in [2.24, 2.45) is 0 Å². The van der Waals surface area contributed by atoms with Crippen LogP contribution in [-0.4, -0.2) is 36.9 Å². The number of hydrogen-bond acceptors (Lipinski definition) is 3. The van der Waals surface area contributed by atoms with Gasteiger partial charge < -0.3 is 15.2 Å². The van der Waals surface area contributed by atoms with E-state index in [2.05, 4.69) is 5.32 Å². The van der Waals surface area contributed by atoms with Crippen LogP contribution in [-0.2, 0) is 9.53 Å². The molecule has 0 spiro atoms. The first-order valence-corrected chi connectivity index (χ1v) is 3.42. The van der Waals surface area contributed by atoms with Gasteiger partial charge in [0.1, 0.15) is 0 Å². The lowest BCUT2D eigenvalue weighted by molar-refractivity contribution is -0.122. The van der Waals surface area contributed by atoms with E-state index >= 15 is 0 Å². The van der Waals surface area contributed by atoms with Crippen LogP contribution < -0.4 is 5.32 Å². The molecular weight excluding hydrogens is 146 g/mol. The second-order valence-corrected chi connectivity index (χ2v) is 2.83. The number of aliphatic hydroxyl groups excluding tert-OH is 1. The van der Waals surface area contributed by atoms with Gasteiger partial charge in [0.25, 0.3) is 0 Å². The summed E-state index contributed by atoms with van der Waals surface area (Å²) in [4.78, 5) is 10.6. The molecular formula is C7H15NO3. The molecule has 4 heteroatoms. The summed E-state index contributed by atoms with van der Waals surface area (Å²) in [6.45, 7) is 3.31. The van der Waals surface area contributed by atoms with Crippen LogP contribution in [0.3, 0.4) is 0 Å². The fraction of sp³-hybridized carbons (Fsp3) is 0.857. The molecule has 0 aromatic carbocycles. The predicted octanol–water partition coefficient (Wildman–Crippen LogP) is -0.480. The van der Waals surface area contributed by atoms with Gasteiger partial charge in [0.05, 0.1) is 18.8 Å². The van der Waals surface area contributed by atoms with E-state index in [0.29, 0.717) is 6.61 Å². The van der Waals surface area contributed by atoms with E-state index in [1.165, 1.54) is 14.0 Å². The molecule has 1 amide bonds. The molecule has 0 heterocycles. The summed E-state index contributed by atoms with van der Waals surface area (Å²) in [6, 6.07) is 0. The number of aliphatic hydroxyl groups is 1. The molecule has 1 atom stereocenters. The molecule has 0 bridgehead atoms. The summed E-state index contributed by atoms with van der Waals surface area (Å²) in [5, 5.41) is 11.5. The maximum atomic E-state index is 10.6. The lowest BCUT2D eigenvalue weighted by Crippen LogP contribution is -2.51. The van der Waals surface area contributed by atoms with Crippen LogP contribution in [0.4, 0.5) is 0 Å². The number of carbonyl (C=O) groups is 1. The number of methoxy groups -OCH3 is 1. The summed E-state index contributed by atoms with van der Waals surface area (Å²) in [6.07, 6.45) is 0. The minimum Gasteiger partial charge on any atom is -0.394 e. The molecule has 0 aliphatic rings. The van der Waals surface area contributed by atoms with Crippen LogP contribution in [0.5, 0.6) is 0 Å². The molecule has 0 aromatic heterocycles. The molecule has 0 saturated heterocycles. The minimum absolute atomic E-state index is 0.125. The monoisotopic (exact) mass is 161 g/mol. The third kappa shape index (κ3) is 3.95. The molecule has 0 radical (unpaired) electrons. The van der Waals surface area contributed by atoms with Gasteiger partial charge in [-0.2, -0.15) is 0 Å². The minimum atomic E-state index is -0.652. The quantitative estimate of drug-likeness (QED) is 0.585. The molecule has 66 valence electrons. The first-order valence-electron chi connectivity index (χ1n) is 3.42. The highest BCUT2D eigenvalue weighted by molar-refractivity contribution is 5.73. The predicted molar refractivity (Wildman–Crippen MR) is 41.2 cm³/mol. The van der Waals surface area contributed by atoms with E-state index in [-0.39, 0.29) is 12.5 Å². The van der Waals surface area contributed by atoms with Crippen LogP contribution in [0.15, 0.2) is 0 Å². The average molecular weight is 161 g/mol. The first kappa shape index (κ1) is 10.4. The number of nitrogens with one attached hydrogen (secondary N) is 1. The number of carbonyl (C=O) groups excluding carboxylic acids is 1. The van der Waals surface area contributed by atoms with Gasteiger partial charge in [-0.25, -0.2) is 0 Å². The summed E-state index contributed by atoms with van der Waals surface area (Å²) in [5.74, 6) is -0.168. The molecule has 4 nitrogen and oxygen atoms in total. The van der Waals surface area contributed by atoms with Gasteiger partial charge in [-0.1, -0.05) is 0 Å². The summed E-state index contributed by atoms with van der Waals surface area (Å²) < 4.78 is 4.82. The highest BCUT2D eigenvalue weighted by atomic mass is 16.5. The molecule has 0 aliphatic heterocycles.